The van der Waals surface area contributed by atoms with Gasteiger partial charge >= 0.3 is 0 Å². The third kappa shape index (κ3) is 3.34. The monoisotopic (exact) mass is 221 g/mol. The quantitative estimate of drug-likeness (QED) is 0.792. The van der Waals surface area contributed by atoms with E-state index in [0.717, 1.165) is 24.8 Å². The van der Waals surface area contributed by atoms with Gasteiger partial charge in [-0.1, -0.05) is 25.7 Å². The molecule has 0 saturated heterocycles. The molecule has 1 saturated carbocycles. The number of imidazole rings is 1. The molecule has 0 unspecified atom stereocenters. The first-order valence-corrected chi connectivity index (χ1v) is 6.53. The molecule has 0 amide bonds. The van der Waals surface area contributed by atoms with Gasteiger partial charge in [-0.2, -0.15) is 0 Å². The Morgan fingerprint density at radius 3 is 2.69 bits per heavy atom. The van der Waals surface area contributed by atoms with Gasteiger partial charge in [0.05, 0.1) is 6.54 Å². The van der Waals surface area contributed by atoms with E-state index >= 15 is 0 Å². The lowest BCUT2D eigenvalue weighted by Crippen LogP contribution is -2.23. The molecule has 90 valence electrons. The molecule has 3 nitrogen and oxygen atoms in total. The summed E-state index contributed by atoms with van der Waals surface area (Å²) in [7, 11) is 2.05. The van der Waals surface area contributed by atoms with Crippen molar-refractivity contribution in [2.45, 2.75) is 45.1 Å². The third-order valence-electron chi connectivity index (χ3n) is 3.61. The van der Waals surface area contributed by atoms with Gasteiger partial charge in [-0.05, 0) is 25.3 Å². The minimum absolute atomic E-state index is 0.891. The summed E-state index contributed by atoms with van der Waals surface area (Å²) in [5, 5.41) is 3.54. The van der Waals surface area contributed by atoms with Gasteiger partial charge < -0.3 is 9.88 Å². The Balaban J connectivity index is 1.69. The molecule has 0 aromatic carbocycles. The summed E-state index contributed by atoms with van der Waals surface area (Å²) in [6.45, 7) is 2.06. The lowest BCUT2D eigenvalue weighted by atomic mass is 10.0. The van der Waals surface area contributed by atoms with Crippen LogP contribution in [0.3, 0.4) is 0 Å². The Hall–Kier alpha value is -0.830. The zero-order valence-electron chi connectivity index (χ0n) is 10.3. The Kier molecular flexibility index (Phi) is 4.40. The molecule has 1 heterocycles. The Morgan fingerprint density at radius 2 is 2.06 bits per heavy atom. The molecule has 0 aliphatic heterocycles. The predicted molar refractivity (Wildman–Crippen MR) is 66.1 cm³/mol. The minimum atomic E-state index is 0.891. The largest absolute Gasteiger partial charge is 0.337 e. The molecule has 0 spiro atoms. The Labute approximate surface area is 98.3 Å². The van der Waals surface area contributed by atoms with Crippen LogP contribution >= 0.6 is 0 Å². The van der Waals surface area contributed by atoms with Gasteiger partial charge in [0.15, 0.2) is 0 Å². The van der Waals surface area contributed by atoms with Crippen molar-refractivity contribution in [1.82, 2.24) is 14.9 Å². The van der Waals surface area contributed by atoms with Crippen LogP contribution in [-0.4, -0.2) is 16.1 Å². The van der Waals surface area contributed by atoms with Crippen molar-refractivity contribution < 1.29 is 0 Å². The van der Waals surface area contributed by atoms with Crippen molar-refractivity contribution in [2.24, 2.45) is 13.0 Å². The van der Waals surface area contributed by atoms with E-state index in [4.69, 9.17) is 0 Å². The van der Waals surface area contributed by atoms with Crippen LogP contribution in [0.15, 0.2) is 12.4 Å². The van der Waals surface area contributed by atoms with Crippen molar-refractivity contribution in [2.75, 3.05) is 6.54 Å². The van der Waals surface area contributed by atoms with E-state index < -0.39 is 0 Å². The molecular weight excluding hydrogens is 198 g/mol. The first-order chi connectivity index (χ1) is 7.86. The van der Waals surface area contributed by atoms with Crippen molar-refractivity contribution in [3.8, 4) is 0 Å². The Bertz CT molecular complexity index is 298. The van der Waals surface area contributed by atoms with Gasteiger partial charge in [-0.3, -0.25) is 0 Å². The maximum Gasteiger partial charge on any atom is 0.122 e. The summed E-state index contributed by atoms with van der Waals surface area (Å²) in [6.07, 6.45) is 12.4. The van der Waals surface area contributed by atoms with Crippen molar-refractivity contribution in [3.63, 3.8) is 0 Å². The average molecular weight is 221 g/mol. The second-order valence-corrected chi connectivity index (χ2v) is 4.94. The maximum atomic E-state index is 4.32. The van der Waals surface area contributed by atoms with E-state index in [1.54, 1.807) is 0 Å². The highest BCUT2D eigenvalue weighted by Crippen LogP contribution is 2.22. The molecule has 16 heavy (non-hydrogen) atoms. The van der Waals surface area contributed by atoms with Gasteiger partial charge in [0.25, 0.3) is 0 Å². The molecule has 1 fully saturated rings. The van der Waals surface area contributed by atoms with Crippen LogP contribution in [0.2, 0.25) is 0 Å². The van der Waals surface area contributed by atoms with Crippen LogP contribution in [0, 0.1) is 5.92 Å². The number of rotatable bonds is 4. The summed E-state index contributed by atoms with van der Waals surface area (Å²) in [5.74, 6) is 2.02. The van der Waals surface area contributed by atoms with Crippen LogP contribution < -0.4 is 5.32 Å². The van der Waals surface area contributed by atoms with Crippen LogP contribution in [-0.2, 0) is 13.6 Å². The van der Waals surface area contributed by atoms with E-state index in [2.05, 4.69) is 21.9 Å². The summed E-state index contributed by atoms with van der Waals surface area (Å²) in [5.41, 5.74) is 0. The highest BCUT2D eigenvalue weighted by molar-refractivity contribution is 4.90. The summed E-state index contributed by atoms with van der Waals surface area (Å²) in [6, 6.07) is 0. The fourth-order valence-corrected chi connectivity index (χ4v) is 2.52. The molecule has 1 aliphatic rings. The zero-order chi connectivity index (χ0) is 11.2. The SMILES string of the molecule is Cn1ccnc1CNCC1CCCCCC1. The number of hydrogen-bond acceptors (Lipinski definition) is 2. The van der Waals surface area contributed by atoms with E-state index in [1.807, 2.05) is 12.4 Å². The lowest BCUT2D eigenvalue weighted by Gasteiger charge is -2.14. The molecule has 1 aromatic rings. The zero-order valence-corrected chi connectivity index (χ0v) is 10.3. The number of hydrogen-bond donors (Lipinski definition) is 1. The molecule has 0 radical (unpaired) electrons. The molecule has 3 heteroatoms. The molecule has 2 rings (SSSR count). The van der Waals surface area contributed by atoms with Crippen LogP contribution in [0.5, 0.6) is 0 Å². The lowest BCUT2D eigenvalue weighted by molar-refractivity contribution is 0.421. The van der Waals surface area contributed by atoms with Gasteiger partial charge in [-0.15, -0.1) is 0 Å². The first-order valence-electron chi connectivity index (χ1n) is 6.53. The minimum Gasteiger partial charge on any atom is -0.337 e. The number of aryl methyl sites for hydroxylation is 1. The van der Waals surface area contributed by atoms with Crippen LogP contribution in [0.25, 0.3) is 0 Å². The van der Waals surface area contributed by atoms with Crippen molar-refractivity contribution in [3.05, 3.63) is 18.2 Å². The second kappa shape index (κ2) is 6.04. The first kappa shape index (κ1) is 11.6. The fraction of sp³-hybridized carbons (Fsp3) is 0.769. The summed E-state index contributed by atoms with van der Waals surface area (Å²) >= 11 is 0. The van der Waals surface area contributed by atoms with E-state index in [1.165, 1.54) is 38.5 Å². The van der Waals surface area contributed by atoms with E-state index in [0.29, 0.717) is 0 Å². The second-order valence-electron chi connectivity index (χ2n) is 4.94. The van der Waals surface area contributed by atoms with Gasteiger partial charge in [-0.25, -0.2) is 4.98 Å². The topological polar surface area (TPSA) is 29.9 Å². The standard InChI is InChI=1S/C13H23N3/c1-16-9-8-15-13(16)11-14-10-12-6-4-2-3-5-7-12/h8-9,12,14H,2-7,10-11H2,1H3. The van der Waals surface area contributed by atoms with Crippen molar-refractivity contribution >= 4 is 0 Å². The molecule has 1 aromatic heterocycles. The van der Waals surface area contributed by atoms with Gasteiger partial charge in [0.1, 0.15) is 5.82 Å². The fourth-order valence-electron chi connectivity index (χ4n) is 2.52. The summed E-state index contributed by atoms with van der Waals surface area (Å²) in [4.78, 5) is 4.32. The van der Waals surface area contributed by atoms with Crippen LogP contribution in [0.4, 0.5) is 0 Å². The van der Waals surface area contributed by atoms with Crippen molar-refractivity contribution in [1.29, 1.82) is 0 Å². The molecule has 1 N–H and O–H groups in total. The van der Waals surface area contributed by atoms with E-state index in [9.17, 15) is 0 Å². The molecular formula is C13H23N3. The predicted octanol–water partition coefficient (Wildman–Crippen LogP) is 2.48. The highest BCUT2D eigenvalue weighted by atomic mass is 15.1. The van der Waals surface area contributed by atoms with Gasteiger partial charge in [0, 0.05) is 19.4 Å². The van der Waals surface area contributed by atoms with Gasteiger partial charge in [0.2, 0.25) is 0 Å². The molecule has 1 aliphatic carbocycles. The maximum absolute atomic E-state index is 4.32. The third-order valence-corrected chi connectivity index (χ3v) is 3.61. The molecule has 0 bridgehead atoms. The Morgan fingerprint density at radius 1 is 1.31 bits per heavy atom. The number of nitrogens with one attached hydrogen (secondary N) is 1. The number of aromatic nitrogens is 2. The molecule has 0 atom stereocenters. The highest BCUT2D eigenvalue weighted by Gasteiger charge is 2.11. The van der Waals surface area contributed by atoms with Crippen LogP contribution in [0.1, 0.15) is 44.3 Å². The number of nitrogens with zero attached hydrogens (tertiary/aromatic N) is 2. The average Bonchev–Trinajstić information content (AvgIpc) is 2.55. The summed E-state index contributed by atoms with van der Waals surface area (Å²) < 4.78 is 2.08. The van der Waals surface area contributed by atoms with E-state index in [-0.39, 0.29) is 0 Å². The smallest absolute Gasteiger partial charge is 0.122 e. The normalized spacial score (nSPS) is 18.6.